The molecule has 8 heteroatoms. The van der Waals surface area contributed by atoms with E-state index in [1.54, 1.807) is 0 Å². The normalized spacial score (nSPS) is 21.2. The second-order valence-corrected chi connectivity index (χ2v) is 8.98. The summed E-state index contributed by atoms with van der Waals surface area (Å²) in [5.41, 5.74) is 3.28. The average molecular weight is 479 g/mol. The Morgan fingerprint density at radius 3 is 2.43 bits per heavy atom. The molecule has 1 saturated carbocycles. The highest BCUT2D eigenvalue weighted by atomic mass is 19.4. The summed E-state index contributed by atoms with van der Waals surface area (Å²) >= 11 is 0. The predicted molar refractivity (Wildman–Crippen MR) is 127 cm³/mol. The van der Waals surface area contributed by atoms with E-state index in [4.69, 9.17) is 5.10 Å². The molecule has 1 aromatic heterocycles. The molecule has 0 saturated heterocycles. The molecule has 5 nitrogen and oxygen atoms in total. The van der Waals surface area contributed by atoms with Crippen LogP contribution in [-0.2, 0) is 17.5 Å². The highest BCUT2D eigenvalue weighted by Gasteiger charge is 2.44. The van der Waals surface area contributed by atoms with Crippen molar-refractivity contribution in [2.24, 2.45) is 11.0 Å². The topological polar surface area (TPSA) is 50.5 Å². The molecule has 0 spiro atoms. The lowest BCUT2D eigenvalue weighted by molar-refractivity contribution is -0.142. The molecule has 35 heavy (non-hydrogen) atoms. The van der Waals surface area contributed by atoms with Crippen molar-refractivity contribution in [3.05, 3.63) is 94.8 Å². The van der Waals surface area contributed by atoms with E-state index in [0.717, 1.165) is 52.4 Å². The standard InChI is InChI=1S/C27H25F3N4O/c1-18-15-23(27(28,29)30)31-33(18)17-24(35)34-26(20-11-6-3-7-12-20)22-14-8-13-21(25(22)32-34)16-19-9-4-2-5-10-19/h2-7,9-12,15-16,22,26H,8,13-14,17H2,1H3. The number of halogens is 3. The molecule has 2 atom stereocenters. The number of aromatic nitrogens is 2. The minimum atomic E-state index is -4.56. The third-order valence-electron chi connectivity index (χ3n) is 6.60. The highest BCUT2D eigenvalue weighted by Crippen LogP contribution is 2.44. The van der Waals surface area contributed by atoms with E-state index in [1.165, 1.54) is 11.9 Å². The molecule has 1 amide bonds. The first-order chi connectivity index (χ1) is 16.8. The fraction of sp³-hybridized carbons (Fsp3) is 0.296. The van der Waals surface area contributed by atoms with Gasteiger partial charge in [0.15, 0.2) is 5.69 Å². The quantitative estimate of drug-likeness (QED) is 0.460. The monoisotopic (exact) mass is 478 g/mol. The lowest BCUT2D eigenvalue weighted by atomic mass is 9.77. The molecule has 2 unspecified atom stereocenters. The first-order valence-corrected chi connectivity index (χ1v) is 11.6. The summed E-state index contributed by atoms with van der Waals surface area (Å²) in [6.45, 7) is 1.20. The Hall–Kier alpha value is -3.68. The van der Waals surface area contributed by atoms with Crippen molar-refractivity contribution >= 4 is 17.7 Å². The molecule has 1 fully saturated rings. The van der Waals surface area contributed by atoms with Crippen LogP contribution in [0.5, 0.6) is 0 Å². The molecule has 5 rings (SSSR count). The van der Waals surface area contributed by atoms with Gasteiger partial charge in [-0.2, -0.15) is 23.4 Å². The maximum Gasteiger partial charge on any atom is 0.435 e. The van der Waals surface area contributed by atoms with Gasteiger partial charge in [-0.25, -0.2) is 5.01 Å². The minimum Gasteiger partial charge on any atom is -0.271 e. The van der Waals surface area contributed by atoms with Gasteiger partial charge in [0.2, 0.25) is 0 Å². The molecule has 1 aliphatic heterocycles. The zero-order valence-corrected chi connectivity index (χ0v) is 19.2. The van der Waals surface area contributed by atoms with Crippen LogP contribution in [0.3, 0.4) is 0 Å². The fourth-order valence-electron chi connectivity index (χ4n) is 4.95. The summed E-state index contributed by atoms with van der Waals surface area (Å²) in [4.78, 5) is 13.5. The van der Waals surface area contributed by atoms with Crippen LogP contribution in [0.1, 0.15) is 47.8 Å². The largest absolute Gasteiger partial charge is 0.435 e. The van der Waals surface area contributed by atoms with Crippen LogP contribution in [0.2, 0.25) is 0 Å². The van der Waals surface area contributed by atoms with E-state index < -0.39 is 11.9 Å². The van der Waals surface area contributed by atoms with Crippen molar-refractivity contribution in [3.8, 4) is 0 Å². The summed E-state index contributed by atoms with van der Waals surface area (Å²) in [5.74, 6) is -0.366. The Morgan fingerprint density at radius 1 is 1.09 bits per heavy atom. The van der Waals surface area contributed by atoms with Crippen molar-refractivity contribution in [2.45, 2.75) is 44.9 Å². The summed E-state index contributed by atoms with van der Waals surface area (Å²) in [5, 5.41) is 9.90. The molecule has 0 N–H and O–H groups in total. The molecule has 3 aromatic rings. The Labute approximate surface area is 201 Å². The van der Waals surface area contributed by atoms with E-state index in [-0.39, 0.29) is 30.1 Å². The van der Waals surface area contributed by atoms with Crippen LogP contribution in [0.25, 0.3) is 6.08 Å². The molecule has 2 aromatic carbocycles. The van der Waals surface area contributed by atoms with Crippen LogP contribution in [-0.4, -0.2) is 26.4 Å². The smallest absolute Gasteiger partial charge is 0.271 e. The van der Waals surface area contributed by atoms with Crippen molar-refractivity contribution in [3.63, 3.8) is 0 Å². The van der Waals surface area contributed by atoms with Gasteiger partial charge >= 0.3 is 6.18 Å². The van der Waals surface area contributed by atoms with E-state index in [1.807, 2.05) is 60.7 Å². The van der Waals surface area contributed by atoms with Crippen molar-refractivity contribution in [1.82, 2.24) is 14.8 Å². The number of aryl methyl sites for hydroxylation is 1. The summed E-state index contributed by atoms with van der Waals surface area (Å²) in [6, 6.07) is 20.3. The SMILES string of the molecule is Cc1cc(C(F)(F)F)nn1CC(=O)N1N=C2C(=Cc3ccccc3)CCCC2C1c1ccccc1. The van der Waals surface area contributed by atoms with Gasteiger partial charge in [0.1, 0.15) is 6.54 Å². The van der Waals surface area contributed by atoms with E-state index in [9.17, 15) is 18.0 Å². The summed E-state index contributed by atoms with van der Waals surface area (Å²) < 4.78 is 40.5. The maximum absolute atomic E-state index is 13.5. The Balaban J connectivity index is 1.50. The summed E-state index contributed by atoms with van der Waals surface area (Å²) in [6.07, 6.45) is 0.273. The molecule has 0 radical (unpaired) electrons. The number of alkyl halides is 3. The van der Waals surface area contributed by atoms with Crippen LogP contribution < -0.4 is 0 Å². The number of nitrogens with zero attached hydrogens (tertiary/aromatic N) is 4. The van der Waals surface area contributed by atoms with Gasteiger partial charge in [0, 0.05) is 11.6 Å². The van der Waals surface area contributed by atoms with Gasteiger partial charge < -0.3 is 0 Å². The first kappa shape index (κ1) is 23.1. The van der Waals surface area contributed by atoms with Crippen molar-refractivity contribution < 1.29 is 18.0 Å². The first-order valence-electron chi connectivity index (χ1n) is 11.6. The number of carbonyl (C=O) groups excluding carboxylic acids is 1. The Kier molecular flexibility index (Phi) is 6.05. The number of amides is 1. The number of hydrogen-bond donors (Lipinski definition) is 0. The Bertz CT molecular complexity index is 1280. The second kappa shape index (κ2) is 9.17. The van der Waals surface area contributed by atoms with Gasteiger partial charge in [-0.15, -0.1) is 0 Å². The molecule has 180 valence electrons. The zero-order valence-electron chi connectivity index (χ0n) is 19.2. The predicted octanol–water partition coefficient (Wildman–Crippen LogP) is 6.03. The number of rotatable bonds is 4. The summed E-state index contributed by atoms with van der Waals surface area (Å²) in [7, 11) is 0. The van der Waals surface area contributed by atoms with Gasteiger partial charge in [0.25, 0.3) is 5.91 Å². The highest BCUT2D eigenvalue weighted by molar-refractivity contribution is 6.08. The van der Waals surface area contributed by atoms with Gasteiger partial charge in [-0.05, 0) is 55.0 Å². The van der Waals surface area contributed by atoms with Crippen molar-refractivity contribution in [1.29, 1.82) is 0 Å². The maximum atomic E-state index is 13.5. The van der Waals surface area contributed by atoms with Crippen LogP contribution in [0.4, 0.5) is 13.2 Å². The number of allylic oxidation sites excluding steroid dienone is 1. The third kappa shape index (κ3) is 4.65. The number of benzene rings is 2. The van der Waals surface area contributed by atoms with Crippen LogP contribution in [0, 0.1) is 12.8 Å². The van der Waals surface area contributed by atoms with Crippen LogP contribution >= 0.6 is 0 Å². The molecule has 1 aliphatic carbocycles. The molecular weight excluding hydrogens is 453 g/mol. The van der Waals surface area contributed by atoms with Crippen molar-refractivity contribution in [2.75, 3.05) is 0 Å². The minimum absolute atomic E-state index is 0.0227. The average Bonchev–Trinajstić information content (AvgIpc) is 3.42. The number of hydrazone groups is 1. The van der Waals surface area contributed by atoms with E-state index in [0.29, 0.717) is 0 Å². The fourth-order valence-corrected chi connectivity index (χ4v) is 4.95. The molecule has 2 heterocycles. The lowest BCUT2D eigenvalue weighted by Gasteiger charge is -2.29. The number of carbonyl (C=O) groups is 1. The van der Waals surface area contributed by atoms with Gasteiger partial charge in [0.05, 0.1) is 11.8 Å². The van der Waals surface area contributed by atoms with Gasteiger partial charge in [-0.3, -0.25) is 9.48 Å². The zero-order chi connectivity index (χ0) is 24.6. The van der Waals surface area contributed by atoms with Crippen LogP contribution in [0.15, 0.2) is 77.4 Å². The third-order valence-corrected chi connectivity index (χ3v) is 6.60. The van der Waals surface area contributed by atoms with E-state index in [2.05, 4.69) is 11.2 Å². The van der Waals surface area contributed by atoms with E-state index >= 15 is 0 Å². The van der Waals surface area contributed by atoms with Gasteiger partial charge in [-0.1, -0.05) is 60.7 Å². The molecule has 2 aliphatic rings. The second-order valence-electron chi connectivity index (χ2n) is 8.98. The number of hydrogen-bond acceptors (Lipinski definition) is 3. The molecule has 0 bridgehead atoms. The lowest BCUT2D eigenvalue weighted by Crippen LogP contribution is -2.34. The number of fused-ring (bicyclic) bond motifs is 1. The molecular formula is C27H25F3N4O. The Morgan fingerprint density at radius 2 is 1.77 bits per heavy atom.